The van der Waals surface area contributed by atoms with Gasteiger partial charge in [0.15, 0.2) is 0 Å². The second kappa shape index (κ2) is 6.50. The first-order valence-corrected chi connectivity index (χ1v) is 8.64. The van der Waals surface area contributed by atoms with Crippen LogP contribution in [0.2, 0.25) is 0 Å². The van der Waals surface area contributed by atoms with Crippen molar-refractivity contribution in [1.29, 1.82) is 0 Å². The van der Waals surface area contributed by atoms with Gasteiger partial charge >= 0.3 is 5.97 Å². The Balaban J connectivity index is 1.61. The summed E-state index contributed by atoms with van der Waals surface area (Å²) in [6.07, 6.45) is 0.673. The summed E-state index contributed by atoms with van der Waals surface area (Å²) in [4.78, 5) is 39.7. The van der Waals surface area contributed by atoms with Crippen LogP contribution >= 0.6 is 0 Å². The minimum absolute atomic E-state index is 0.0147. The van der Waals surface area contributed by atoms with Gasteiger partial charge in [0, 0.05) is 32.6 Å². The van der Waals surface area contributed by atoms with Crippen LogP contribution in [-0.2, 0) is 20.9 Å². The van der Waals surface area contributed by atoms with Crippen LogP contribution in [0.3, 0.4) is 0 Å². The summed E-state index contributed by atoms with van der Waals surface area (Å²) in [7, 11) is 0. The molecule has 2 saturated heterocycles. The van der Waals surface area contributed by atoms with Crippen molar-refractivity contribution in [2.75, 3.05) is 19.6 Å². The molecule has 1 aromatic carbocycles. The number of amides is 2. The summed E-state index contributed by atoms with van der Waals surface area (Å²) in [5.41, 5.74) is 1.34. The first-order valence-electron chi connectivity index (χ1n) is 8.64. The van der Waals surface area contributed by atoms with Gasteiger partial charge in [0.25, 0.3) is 0 Å². The van der Waals surface area contributed by atoms with Gasteiger partial charge in [-0.1, -0.05) is 29.8 Å². The monoisotopic (exact) mass is 344 g/mol. The molecule has 0 aromatic heterocycles. The topological polar surface area (TPSA) is 77.9 Å². The molecule has 3 rings (SSSR count). The fourth-order valence-corrected chi connectivity index (χ4v) is 3.59. The summed E-state index contributed by atoms with van der Waals surface area (Å²) >= 11 is 0. The maximum absolute atomic E-state index is 12.7. The molecule has 25 heavy (non-hydrogen) atoms. The standard InChI is InChI=1S/C19H24N2O4/c1-13-3-5-14(6-4-13)10-21-11-15(9-16(21)22)17(23)20-8-7-19(2,12-20)18(24)25/h3-6,15H,7-12H2,1-2H3,(H,24,25)/t15-,19+/m0/s1. The predicted molar refractivity (Wildman–Crippen MR) is 91.6 cm³/mol. The second-order valence-corrected chi connectivity index (χ2v) is 7.54. The molecule has 6 heteroatoms. The molecule has 0 saturated carbocycles. The van der Waals surface area contributed by atoms with E-state index >= 15 is 0 Å². The van der Waals surface area contributed by atoms with Gasteiger partial charge < -0.3 is 14.9 Å². The molecule has 1 aromatic rings. The highest BCUT2D eigenvalue weighted by Crippen LogP contribution is 2.32. The number of hydrogen-bond acceptors (Lipinski definition) is 3. The first kappa shape index (κ1) is 17.5. The van der Waals surface area contributed by atoms with Crippen LogP contribution in [0.5, 0.6) is 0 Å². The fourth-order valence-electron chi connectivity index (χ4n) is 3.59. The highest BCUT2D eigenvalue weighted by atomic mass is 16.4. The Morgan fingerprint density at radius 3 is 2.56 bits per heavy atom. The van der Waals surface area contributed by atoms with Gasteiger partial charge in [-0.3, -0.25) is 14.4 Å². The minimum atomic E-state index is -0.875. The smallest absolute Gasteiger partial charge is 0.311 e. The van der Waals surface area contributed by atoms with E-state index in [1.165, 1.54) is 5.56 Å². The maximum atomic E-state index is 12.7. The van der Waals surface area contributed by atoms with Gasteiger partial charge in [0.2, 0.25) is 11.8 Å². The van der Waals surface area contributed by atoms with Crippen molar-refractivity contribution < 1.29 is 19.5 Å². The van der Waals surface area contributed by atoms with Gasteiger partial charge in [-0.2, -0.15) is 0 Å². The number of carboxylic acids is 1. The third-order valence-corrected chi connectivity index (χ3v) is 5.36. The summed E-state index contributed by atoms with van der Waals surface area (Å²) in [6.45, 7) is 5.28. The third-order valence-electron chi connectivity index (χ3n) is 5.36. The lowest BCUT2D eigenvalue weighted by molar-refractivity contribution is -0.147. The van der Waals surface area contributed by atoms with Gasteiger partial charge in [-0.15, -0.1) is 0 Å². The maximum Gasteiger partial charge on any atom is 0.311 e. The van der Waals surface area contributed by atoms with Crippen molar-refractivity contribution in [1.82, 2.24) is 9.80 Å². The molecule has 2 fully saturated rings. The molecule has 0 aliphatic carbocycles. The summed E-state index contributed by atoms with van der Waals surface area (Å²) < 4.78 is 0. The number of aryl methyl sites for hydroxylation is 1. The van der Waals surface area contributed by atoms with E-state index < -0.39 is 11.4 Å². The number of nitrogens with zero attached hydrogens (tertiary/aromatic N) is 2. The van der Waals surface area contributed by atoms with Gasteiger partial charge in [-0.25, -0.2) is 0 Å². The molecular formula is C19H24N2O4. The van der Waals surface area contributed by atoms with Crippen molar-refractivity contribution in [3.63, 3.8) is 0 Å². The van der Waals surface area contributed by atoms with Crippen LogP contribution in [0.1, 0.15) is 30.9 Å². The zero-order valence-corrected chi connectivity index (χ0v) is 14.7. The van der Waals surface area contributed by atoms with Crippen LogP contribution in [0.25, 0.3) is 0 Å². The normalized spacial score (nSPS) is 26.3. The number of carboxylic acid groups (broad SMARTS) is 1. The summed E-state index contributed by atoms with van der Waals surface area (Å²) in [5.74, 6) is -1.34. The molecule has 0 spiro atoms. The highest BCUT2D eigenvalue weighted by Gasteiger charge is 2.45. The largest absolute Gasteiger partial charge is 0.481 e. The van der Waals surface area contributed by atoms with Crippen LogP contribution in [-0.4, -0.2) is 52.3 Å². The molecule has 0 radical (unpaired) electrons. The molecule has 0 bridgehead atoms. The molecular weight excluding hydrogens is 320 g/mol. The van der Waals surface area contributed by atoms with E-state index in [2.05, 4.69) is 0 Å². The average Bonchev–Trinajstić information content (AvgIpc) is 3.14. The number of carbonyl (C=O) groups is 3. The number of benzene rings is 1. The number of rotatable bonds is 4. The lowest BCUT2D eigenvalue weighted by atomic mass is 9.90. The molecule has 134 valence electrons. The van der Waals surface area contributed by atoms with Crippen LogP contribution in [0.4, 0.5) is 0 Å². The molecule has 2 aliphatic heterocycles. The van der Waals surface area contributed by atoms with E-state index in [1.807, 2.05) is 31.2 Å². The zero-order chi connectivity index (χ0) is 18.2. The van der Waals surface area contributed by atoms with Crippen LogP contribution < -0.4 is 0 Å². The molecule has 2 aliphatic rings. The summed E-state index contributed by atoms with van der Waals surface area (Å²) in [5, 5.41) is 9.30. The van der Waals surface area contributed by atoms with Crippen LogP contribution in [0.15, 0.2) is 24.3 Å². The van der Waals surface area contributed by atoms with E-state index in [0.29, 0.717) is 26.1 Å². The lowest BCUT2D eigenvalue weighted by Crippen LogP contribution is -2.38. The van der Waals surface area contributed by atoms with Gasteiger partial charge in [0.05, 0.1) is 11.3 Å². The SMILES string of the molecule is Cc1ccc(CN2C[C@@H](C(=O)N3CC[C@@](C)(C(=O)O)C3)CC2=O)cc1. The fraction of sp³-hybridized carbons (Fsp3) is 0.526. The van der Waals surface area contributed by atoms with Gasteiger partial charge in [-0.05, 0) is 25.8 Å². The van der Waals surface area contributed by atoms with E-state index in [1.54, 1.807) is 16.7 Å². The minimum Gasteiger partial charge on any atom is -0.481 e. The number of carbonyl (C=O) groups excluding carboxylic acids is 2. The predicted octanol–water partition coefficient (Wildman–Crippen LogP) is 1.67. The first-order chi connectivity index (χ1) is 11.8. The van der Waals surface area contributed by atoms with E-state index in [0.717, 1.165) is 5.56 Å². The van der Waals surface area contributed by atoms with E-state index in [4.69, 9.17) is 0 Å². The molecule has 2 heterocycles. The average molecular weight is 344 g/mol. The number of hydrogen-bond donors (Lipinski definition) is 1. The lowest BCUT2D eigenvalue weighted by Gasteiger charge is -2.23. The number of aliphatic carboxylic acids is 1. The Morgan fingerprint density at radius 2 is 1.96 bits per heavy atom. The Morgan fingerprint density at radius 1 is 1.28 bits per heavy atom. The molecule has 2 atom stereocenters. The summed E-state index contributed by atoms with van der Waals surface area (Å²) in [6, 6.07) is 8.01. The number of likely N-dealkylation sites (tertiary alicyclic amines) is 2. The van der Waals surface area contributed by atoms with Crippen LogP contribution in [0, 0.1) is 18.3 Å². The van der Waals surface area contributed by atoms with E-state index in [-0.39, 0.29) is 30.7 Å². The van der Waals surface area contributed by atoms with E-state index in [9.17, 15) is 19.5 Å². The molecule has 2 amide bonds. The molecule has 1 N–H and O–H groups in total. The Bertz CT molecular complexity index is 700. The Hall–Kier alpha value is -2.37. The van der Waals surface area contributed by atoms with Crippen molar-refractivity contribution in [3.8, 4) is 0 Å². The van der Waals surface area contributed by atoms with Crippen molar-refractivity contribution in [2.45, 2.75) is 33.2 Å². The molecule has 6 nitrogen and oxygen atoms in total. The van der Waals surface area contributed by atoms with Crippen molar-refractivity contribution >= 4 is 17.8 Å². The zero-order valence-electron chi connectivity index (χ0n) is 14.7. The molecule has 0 unspecified atom stereocenters. The Kier molecular flexibility index (Phi) is 4.54. The Labute approximate surface area is 147 Å². The van der Waals surface area contributed by atoms with Gasteiger partial charge in [0.1, 0.15) is 0 Å². The third kappa shape index (κ3) is 3.52. The quantitative estimate of drug-likeness (QED) is 0.901. The second-order valence-electron chi connectivity index (χ2n) is 7.54. The highest BCUT2D eigenvalue weighted by molar-refractivity contribution is 5.90. The van der Waals surface area contributed by atoms with Crippen molar-refractivity contribution in [2.24, 2.45) is 11.3 Å². The van der Waals surface area contributed by atoms with Crippen molar-refractivity contribution in [3.05, 3.63) is 35.4 Å².